The maximum atomic E-state index is 12.4. The summed E-state index contributed by atoms with van der Waals surface area (Å²) in [6, 6.07) is 11.3. The molecule has 0 atom stereocenters. The lowest BCUT2D eigenvalue weighted by molar-refractivity contribution is 0.381. The highest BCUT2D eigenvalue weighted by Crippen LogP contribution is 2.33. The van der Waals surface area contributed by atoms with Crippen LogP contribution in [0, 0.1) is 13.8 Å². The third-order valence-corrected chi connectivity index (χ3v) is 4.48. The Hall–Kier alpha value is -3.55. The van der Waals surface area contributed by atoms with E-state index in [1.807, 2.05) is 30.3 Å². The Kier molecular flexibility index (Phi) is 3.72. The Morgan fingerprint density at radius 2 is 1.46 bits per heavy atom. The van der Waals surface area contributed by atoms with Gasteiger partial charge in [-0.1, -0.05) is 35.5 Å². The van der Waals surface area contributed by atoms with Crippen molar-refractivity contribution in [3.63, 3.8) is 0 Å². The number of aromatic nitrogens is 5. The van der Waals surface area contributed by atoms with Crippen LogP contribution >= 0.6 is 0 Å². The van der Waals surface area contributed by atoms with Crippen molar-refractivity contribution in [3.05, 3.63) is 85.4 Å². The van der Waals surface area contributed by atoms with E-state index in [9.17, 15) is 9.59 Å². The number of hydrogen-bond acceptors (Lipinski definition) is 4. The van der Waals surface area contributed by atoms with Crippen molar-refractivity contribution in [2.45, 2.75) is 19.8 Å². The number of nitrogens with one attached hydrogen (secondary N) is 4. The Morgan fingerprint density at radius 3 is 1.96 bits per heavy atom. The third-order valence-electron chi connectivity index (χ3n) is 4.48. The van der Waals surface area contributed by atoms with E-state index in [2.05, 4.69) is 25.6 Å². The molecule has 8 heteroatoms. The molecule has 0 amide bonds. The number of aromatic amines is 4. The average molecular weight is 351 g/mol. The number of rotatable bonds is 4. The molecule has 132 valence electrons. The van der Waals surface area contributed by atoms with Crippen molar-refractivity contribution in [2.24, 2.45) is 0 Å². The number of hydrogen-bond donors (Lipinski definition) is 4. The van der Waals surface area contributed by atoms with Crippen LogP contribution in [-0.2, 0) is 0 Å². The first-order chi connectivity index (χ1) is 12.6. The molecule has 3 heterocycles. The van der Waals surface area contributed by atoms with E-state index in [1.165, 1.54) is 0 Å². The summed E-state index contributed by atoms with van der Waals surface area (Å²) in [6.45, 7) is 3.54. The standard InChI is InChI=1S/C18H17N5O3/c1-9-14(17(24)21-19-9)16(15-10(2)20-22-18(15)25)13-8-12(23-26-13)11-6-4-3-5-7-11/h3-8,16H,1-2H3,(H2,19,21,24)(H2,20,22,25). The Labute approximate surface area is 147 Å². The van der Waals surface area contributed by atoms with Crippen molar-refractivity contribution in [1.82, 2.24) is 25.6 Å². The zero-order valence-electron chi connectivity index (χ0n) is 14.2. The summed E-state index contributed by atoms with van der Waals surface area (Å²) in [5, 5.41) is 14.9. The fourth-order valence-electron chi connectivity index (χ4n) is 3.21. The van der Waals surface area contributed by atoms with Gasteiger partial charge in [-0.3, -0.25) is 19.8 Å². The molecule has 1 aromatic carbocycles. The van der Waals surface area contributed by atoms with Gasteiger partial charge in [0.2, 0.25) is 0 Å². The van der Waals surface area contributed by atoms with Crippen LogP contribution in [0.3, 0.4) is 0 Å². The monoisotopic (exact) mass is 351 g/mol. The third kappa shape index (κ3) is 2.52. The summed E-state index contributed by atoms with van der Waals surface area (Å²) in [5.74, 6) is -0.254. The predicted octanol–water partition coefficient (Wildman–Crippen LogP) is 2.17. The van der Waals surface area contributed by atoms with Gasteiger partial charge in [0.15, 0.2) is 0 Å². The van der Waals surface area contributed by atoms with Crippen molar-refractivity contribution in [3.8, 4) is 11.3 Å². The molecule has 0 spiro atoms. The molecule has 3 aromatic heterocycles. The van der Waals surface area contributed by atoms with Gasteiger partial charge < -0.3 is 14.7 Å². The fourth-order valence-corrected chi connectivity index (χ4v) is 3.21. The van der Waals surface area contributed by atoms with Crippen molar-refractivity contribution < 1.29 is 4.52 Å². The topological polar surface area (TPSA) is 123 Å². The van der Waals surface area contributed by atoms with E-state index in [0.29, 0.717) is 34.0 Å². The second-order valence-corrected chi connectivity index (χ2v) is 6.15. The largest absolute Gasteiger partial charge is 0.360 e. The van der Waals surface area contributed by atoms with E-state index in [1.54, 1.807) is 19.9 Å². The first kappa shape index (κ1) is 15.9. The normalized spacial score (nSPS) is 11.3. The zero-order valence-corrected chi connectivity index (χ0v) is 14.2. The molecule has 4 N–H and O–H groups in total. The Morgan fingerprint density at radius 1 is 0.885 bits per heavy atom. The summed E-state index contributed by atoms with van der Waals surface area (Å²) in [5.41, 5.74) is 3.05. The lowest BCUT2D eigenvalue weighted by atomic mass is 9.89. The lowest BCUT2D eigenvalue weighted by Crippen LogP contribution is -2.19. The van der Waals surface area contributed by atoms with Crippen molar-refractivity contribution >= 4 is 0 Å². The van der Waals surface area contributed by atoms with Crippen LogP contribution in [0.2, 0.25) is 0 Å². The number of aryl methyl sites for hydroxylation is 2. The van der Waals surface area contributed by atoms with Crippen LogP contribution < -0.4 is 11.1 Å². The van der Waals surface area contributed by atoms with E-state index < -0.39 is 5.92 Å². The molecule has 4 rings (SSSR count). The van der Waals surface area contributed by atoms with Crippen LogP contribution in [0.25, 0.3) is 11.3 Å². The number of benzene rings is 1. The van der Waals surface area contributed by atoms with E-state index in [4.69, 9.17) is 4.52 Å². The highest BCUT2D eigenvalue weighted by molar-refractivity contribution is 5.59. The molecule has 8 nitrogen and oxygen atoms in total. The molecule has 0 radical (unpaired) electrons. The maximum absolute atomic E-state index is 12.4. The zero-order chi connectivity index (χ0) is 18.3. The highest BCUT2D eigenvalue weighted by atomic mass is 16.5. The summed E-state index contributed by atoms with van der Waals surface area (Å²) in [7, 11) is 0. The minimum atomic E-state index is -0.676. The van der Waals surface area contributed by atoms with Crippen LogP contribution in [0.4, 0.5) is 0 Å². The van der Waals surface area contributed by atoms with Crippen molar-refractivity contribution in [1.29, 1.82) is 0 Å². The molecule has 4 aromatic rings. The van der Waals surface area contributed by atoms with E-state index in [0.717, 1.165) is 5.56 Å². The van der Waals surface area contributed by atoms with E-state index >= 15 is 0 Å². The smallest absolute Gasteiger partial charge is 0.268 e. The Bertz CT molecular complexity index is 1110. The van der Waals surface area contributed by atoms with Gasteiger partial charge in [0.05, 0.1) is 17.0 Å². The molecular formula is C18H17N5O3. The summed E-state index contributed by atoms with van der Waals surface area (Å²) in [4.78, 5) is 24.8. The maximum Gasteiger partial charge on any atom is 0.268 e. The van der Waals surface area contributed by atoms with Gasteiger partial charge >= 0.3 is 0 Å². The van der Waals surface area contributed by atoms with Gasteiger partial charge in [-0.05, 0) is 13.8 Å². The summed E-state index contributed by atoms with van der Waals surface area (Å²) < 4.78 is 5.57. The molecule has 26 heavy (non-hydrogen) atoms. The summed E-state index contributed by atoms with van der Waals surface area (Å²) >= 11 is 0. The van der Waals surface area contributed by atoms with Gasteiger partial charge in [-0.25, -0.2) is 0 Å². The molecule has 0 bridgehead atoms. The average Bonchev–Trinajstić information content (AvgIpc) is 3.34. The minimum absolute atomic E-state index is 0.301. The van der Waals surface area contributed by atoms with Gasteiger partial charge in [0, 0.05) is 23.0 Å². The van der Waals surface area contributed by atoms with Crippen LogP contribution in [0.5, 0.6) is 0 Å². The molecular weight excluding hydrogens is 334 g/mol. The minimum Gasteiger partial charge on any atom is -0.360 e. The SMILES string of the molecule is Cc1[nH][nH]c(=O)c1C(c1cc(-c2ccccc2)no1)c1c(C)[nH][nH]c1=O. The van der Waals surface area contributed by atoms with Gasteiger partial charge in [-0.15, -0.1) is 0 Å². The quantitative estimate of drug-likeness (QED) is 0.450. The fraction of sp³-hybridized carbons (Fsp3) is 0.167. The molecule has 0 aliphatic heterocycles. The molecule has 0 aliphatic rings. The van der Waals surface area contributed by atoms with Gasteiger partial charge in [-0.2, -0.15) is 0 Å². The van der Waals surface area contributed by atoms with Gasteiger partial charge in [0.1, 0.15) is 11.5 Å². The van der Waals surface area contributed by atoms with Crippen LogP contribution in [0.15, 0.2) is 50.5 Å². The second kappa shape index (κ2) is 6.07. The number of nitrogens with zero attached hydrogens (tertiary/aromatic N) is 1. The number of H-pyrrole nitrogens is 4. The predicted molar refractivity (Wildman–Crippen MR) is 95.2 cm³/mol. The highest BCUT2D eigenvalue weighted by Gasteiger charge is 2.31. The molecule has 0 fully saturated rings. The molecule has 0 saturated carbocycles. The Balaban J connectivity index is 1.92. The first-order valence-corrected chi connectivity index (χ1v) is 8.12. The molecule has 0 unspecified atom stereocenters. The van der Waals surface area contributed by atoms with Crippen molar-refractivity contribution in [2.75, 3.05) is 0 Å². The first-order valence-electron chi connectivity index (χ1n) is 8.12. The lowest BCUT2D eigenvalue weighted by Gasteiger charge is -2.11. The van der Waals surface area contributed by atoms with E-state index in [-0.39, 0.29) is 11.1 Å². The second-order valence-electron chi connectivity index (χ2n) is 6.15. The van der Waals surface area contributed by atoms with Crippen LogP contribution in [-0.4, -0.2) is 25.6 Å². The summed E-state index contributed by atoms with van der Waals surface area (Å²) in [6.07, 6.45) is 0. The molecule has 0 aliphatic carbocycles. The van der Waals surface area contributed by atoms with Crippen LogP contribution in [0.1, 0.15) is 34.2 Å². The molecule has 0 saturated heterocycles. The van der Waals surface area contributed by atoms with Gasteiger partial charge in [0.25, 0.3) is 11.1 Å².